The minimum absolute atomic E-state index is 0.0638. The third-order valence-corrected chi connectivity index (χ3v) is 3.54. The van der Waals surface area contributed by atoms with E-state index in [1.807, 2.05) is 0 Å². The fourth-order valence-corrected chi connectivity index (χ4v) is 2.30. The smallest absolute Gasteiger partial charge is 0.321 e. The first kappa shape index (κ1) is 18.0. The summed E-state index contributed by atoms with van der Waals surface area (Å²) in [7, 11) is 3.05. The van der Waals surface area contributed by atoms with E-state index in [1.54, 1.807) is 43.5 Å². The van der Waals surface area contributed by atoms with Gasteiger partial charge in [-0.2, -0.15) is 0 Å². The van der Waals surface area contributed by atoms with Gasteiger partial charge in [-0.1, -0.05) is 23.2 Å². The van der Waals surface area contributed by atoms with E-state index in [0.29, 0.717) is 33.0 Å². The largest absolute Gasteiger partial charge is 0.497 e. The topological polar surface area (TPSA) is 68.8 Å². The number of hydrogen-bond acceptors (Lipinski definition) is 4. The number of anilines is 1. The van der Waals surface area contributed by atoms with E-state index < -0.39 is 6.03 Å². The first-order valence-corrected chi connectivity index (χ1v) is 7.64. The van der Waals surface area contributed by atoms with Crippen molar-refractivity contribution in [1.29, 1.82) is 0 Å². The highest BCUT2D eigenvalue weighted by atomic mass is 35.5. The van der Waals surface area contributed by atoms with Crippen molar-refractivity contribution in [3.63, 3.8) is 0 Å². The lowest BCUT2D eigenvalue weighted by molar-refractivity contribution is 0.234. The van der Waals surface area contributed by atoms with E-state index in [0.717, 1.165) is 0 Å². The molecule has 2 N–H and O–H groups in total. The highest BCUT2D eigenvalue weighted by Crippen LogP contribution is 2.29. The van der Waals surface area contributed by atoms with Crippen LogP contribution >= 0.6 is 23.2 Å². The zero-order valence-electron chi connectivity index (χ0n) is 13.1. The minimum Gasteiger partial charge on any atom is -0.497 e. The molecule has 0 aliphatic heterocycles. The maximum Gasteiger partial charge on any atom is 0.321 e. The van der Waals surface area contributed by atoms with Crippen LogP contribution in [0.5, 0.6) is 17.2 Å². The molecule has 0 radical (unpaired) electrons. The van der Waals surface area contributed by atoms with Gasteiger partial charge in [-0.15, -0.1) is 0 Å². The first-order valence-electron chi connectivity index (χ1n) is 6.88. The summed E-state index contributed by atoms with van der Waals surface area (Å²) in [4.78, 5) is 11.9. The van der Waals surface area contributed by atoms with Crippen LogP contribution in [0.3, 0.4) is 0 Å². The van der Waals surface area contributed by atoms with Gasteiger partial charge in [0.1, 0.15) is 17.2 Å². The molecule has 24 heavy (non-hydrogen) atoms. The number of methoxy groups -OCH3 is 2. The Kier molecular flexibility index (Phi) is 6.40. The van der Waals surface area contributed by atoms with Crippen LogP contribution in [-0.2, 0) is 0 Å². The molecule has 0 atom stereocenters. The molecule has 0 saturated carbocycles. The van der Waals surface area contributed by atoms with Crippen LogP contribution in [0.2, 0.25) is 10.0 Å². The summed E-state index contributed by atoms with van der Waals surface area (Å²) in [6.07, 6.45) is 0. The standard InChI is InChI=1S/C16H16Cl2N2O4/c1-22-11-4-5-13(15(8-11)23-2)20-16(21)19-9-24-14-6-3-10(17)7-12(14)18/h3-8H,9H2,1-2H3,(H2,19,20,21). The second kappa shape index (κ2) is 8.52. The molecule has 0 spiro atoms. The number of halogens is 2. The average molecular weight is 371 g/mol. The summed E-state index contributed by atoms with van der Waals surface area (Å²) in [5.74, 6) is 1.52. The van der Waals surface area contributed by atoms with Gasteiger partial charge in [0, 0.05) is 11.1 Å². The van der Waals surface area contributed by atoms with Crippen molar-refractivity contribution in [2.45, 2.75) is 0 Å². The number of hydrogen-bond donors (Lipinski definition) is 2. The number of benzene rings is 2. The minimum atomic E-state index is -0.455. The Hall–Kier alpha value is -2.31. The quantitative estimate of drug-likeness (QED) is 0.748. The van der Waals surface area contributed by atoms with E-state index in [4.69, 9.17) is 37.4 Å². The molecule has 0 aliphatic rings. The molecular formula is C16H16Cl2N2O4. The molecule has 2 rings (SSSR count). The van der Waals surface area contributed by atoms with Crippen LogP contribution in [0.1, 0.15) is 0 Å². The van der Waals surface area contributed by atoms with Gasteiger partial charge < -0.3 is 24.8 Å². The number of rotatable bonds is 6. The maximum atomic E-state index is 11.9. The van der Waals surface area contributed by atoms with Gasteiger partial charge in [0.15, 0.2) is 6.73 Å². The fraction of sp³-hybridized carbons (Fsp3) is 0.188. The molecule has 128 valence electrons. The van der Waals surface area contributed by atoms with E-state index in [9.17, 15) is 4.79 Å². The highest BCUT2D eigenvalue weighted by Gasteiger charge is 2.09. The van der Waals surface area contributed by atoms with Crippen molar-refractivity contribution < 1.29 is 19.0 Å². The van der Waals surface area contributed by atoms with Gasteiger partial charge in [0.25, 0.3) is 0 Å². The molecule has 0 aromatic heterocycles. The summed E-state index contributed by atoms with van der Waals surface area (Å²) in [5.41, 5.74) is 0.500. The third kappa shape index (κ3) is 4.84. The number of amides is 2. The molecule has 0 unspecified atom stereocenters. The molecule has 0 fully saturated rings. The van der Waals surface area contributed by atoms with Gasteiger partial charge in [0.05, 0.1) is 24.9 Å². The number of nitrogens with one attached hydrogen (secondary N) is 2. The molecule has 6 nitrogen and oxygen atoms in total. The maximum absolute atomic E-state index is 11.9. The molecule has 2 amide bonds. The Balaban J connectivity index is 1.89. The second-order valence-electron chi connectivity index (χ2n) is 4.56. The van der Waals surface area contributed by atoms with Crippen LogP contribution < -0.4 is 24.8 Å². The van der Waals surface area contributed by atoms with Crippen LogP contribution in [-0.4, -0.2) is 27.0 Å². The van der Waals surface area contributed by atoms with Crippen LogP contribution in [0.25, 0.3) is 0 Å². The number of urea groups is 1. The van der Waals surface area contributed by atoms with Gasteiger partial charge >= 0.3 is 6.03 Å². The number of ether oxygens (including phenoxy) is 3. The zero-order chi connectivity index (χ0) is 17.5. The van der Waals surface area contributed by atoms with E-state index in [1.165, 1.54) is 7.11 Å². The molecule has 8 heteroatoms. The fourth-order valence-electron chi connectivity index (χ4n) is 1.84. The SMILES string of the molecule is COc1ccc(NC(=O)NCOc2ccc(Cl)cc2Cl)c(OC)c1. The van der Waals surface area contributed by atoms with E-state index in [2.05, 4.69) is 10.6 Å². The predicted octanol–water partition coefficient (Wildman–Crippen LogP) is 4.17. The third-order valence-electron chi connectivity index (χ3n) is 3.01. The van der Waals surface area contributed by atoms with E-state index >= 15 is 0 Å². The molecular weight excluding hydrogens is 355 g/mol. The Bertz CT molecular complexity index is 725. The van der Waals surface area contributed by atoms with Gasteiger partial charge in [0.2, 0.25) is 0 Å². The lowest BCUT2D eigenvalue weighted by Gasteiger charge is -2.13. The van der Waals surface area contributed by atoms with E-state index in [-0.39, 0.29) is 6.73 Å². The Morgan fingerprint density at radius 1 is 1.04 bits per heavy atom. The molecule has 0 heterocycles. The van der Waals surface area contributed by atoms with Crippen LogP contribution in [0.4, 0.5) is 10.5 Å². The highest BCUT2D eigenvalue weighted by molar-refractivity contribution is 6.35. The van der Waals surface area contributed by atoms with Crippen molar-refractivity contribution in [1.82, 2.24) is 5.32 Å². The summed E-state index contributed by atoms with van der Waals surface area (Å²) < 4.78 is 15.7. The normalized spacial score (nSPS) is 10.0. The molecule has 2 aromatic carbocycles. The first-order chi connectivity index (χ1) is 11.5. The van der Waals surface area contributed by atoms with Crippen molar-refractivity contribution in [2.24, 2.45) is 0 Å². The summed E-state index contributed by atoms with van der Waals surface area (Å²) in [6.45, 7) is -0.0638. The molecule has 2 aromatic rings. The molecule has 0 bridgehead atoms. The lowest BCUT2D eigenvalue weighted by atomic mass is 10.2. The monoisotopic (exact) mass is 370 g/mol. The predicted molar refractivity (Wildman–Crippen MR) is 93.7 cm³/mol. The second-order valence-corrected chi connectivity index (χ2v) is 5.40. The zero-order valence-corrected chi connectivity index (χ0v) is 14.6. The lowest BCUT2D eigenvalue weighted by Crippen LogP contribution is -2.32. The molecule has 0 saturated heterocycles. The van der Waals surface area contributed by atoms with Crippen molar-refractivity contribution in [3.05, 3.63) is 46.4 Å². The molecule has 0 aliphatic carbocycles. The summed E-state index contributed by atoms with van der Waals surface area (Å²) in [6, 6.07) is 9.42. The van der Waals surface area contributed by atoms with Crippen LogP contribution in [0, 0.1) is 0 Å². The van der Waals surface area contributed by atoms with Gasteiger partial charge in [-0.05, 0) is 30.3 Å². The van der Waals surface area contributed by atoms with Gasteiger partial charge in [-0.25, -0.2) is 4.79 Å². The summed E-state index contributed by atoms with van der Waals surface area (Å²) >= 11 is 11.8. The van der Waals surface area contributed by atoms with Crippen LogP contribution in [0.15, 0.2) is 36.4 Å². The van der Waals surface area contributed by atoms with Crippen molar-refractivity contribution in [2.75, 3.05) is 26.3 Å². The van der Waals surface area contributed by atoms with Crippen molar-refractivity contribution >= 4 is 34.9 Å². The Morgan fingerprint density at radius 3 is 2.50 bits per heavy atom. The number of carbonyl (C=O) groups excluding carboxylic acids is 1. The van der Waals surface area contributed by atoms with Crippen molar-refractivity contribution in [3.8, 4) is 17.2 Å². The number of carbonyl (C=O) groups is 1. The summed E-state index contributed by atoms with van der Waals surface area (Å²) in [5, 5.41) is 6.08. The Morgan fingerprint density at radius 2 is 1.83 bits per heavy atom. The van der Waals surface area contributed by atoms with Gasteiger partial charge in [-0.3, -0.25) is 0 Å². The average Bonchev–Trinajstić information content (AvgIpc) is 2.57. The Labute approximate surface area is 149 Å².